The fraction of sp³-hybridized carbons (Fsp3) is 0.167. The molecular weight excluding hydrogens is 351 g/mol. The van der Waals surface area contributed by atoms with Crippen molar-refractivity contribution in [3.8, 4) is 11.3 Å². The van der Waals surface area contributed by atoms with Crippen LogP contribution in [0, 0.1) is 5.82 Å². The Morgan fingerprint density at radius 2 is 2.00 bits per heavy atom. The van der Waals surface area contributed by atoms with Crippen LogP contribution in [0.15, 0.2) is 33.3 Å². The summed E-state index contributed by atoms with van der Waals surface area (Å²) in [6.45, 7) is 1.96. The molecule has 0 amide bonds. The van der Waals surface area contributed by atoms with Gasteiger partial charge in [0.1, 0.15) is 16.2 Å². The molecule has 2 aromatic rings. The lowest BCUT2D eigenvalue weighted by Crippen LogP contribution is -1.97. The van der Waals surface area contributed by atoms with Crippen molar-refractivity contribution >= 4 is 31.9 Å². The highest BCUT2D eigenvalue weighted by Crippen LogP contribution is 2.27. The molecule has 0 aliphatic heterocycles. The van der Waals surface area contributed by atoms with Gasteiger partial charge in [0, 0.05) is 12.0 Å². The second-order valence-electron chi connectivity index (χ2n) is 3.45. The van der Waals surface area contributed by atoms with Crippen molar-refractivity contribution in [2.24, 2.45) is 0 Å². The Kier molecular flexibility index (Phi) is 3.89. The first-order valence-electron chi connectivity index (χ1n) is 5.09. The monoisotopic (exact) mass is 358 g/mol. The fourth-order valence-electron chi connectivity index (χ4n) is 1.46. The molecule has 0 spiro atoms. The van der Waals surface area contributed by atoms with Crippen LogP contribution in [0.25, 0.3) is 11.3 Å². The minimum absolute atomic E-state index is 0.305. The lowest BCUT2D eigenvalue weighted by atomic mass is 10.1. The minimum Gasteiger partial charge on any atom is -0.233 e. The van der Waals surface area contributed by atoms with E-state index in [2.05, 4.69) is 41.8 Å². The normalized spacial score (nSPS) is 10.6. The van der Waals surface area contributed by atoms with Crippen molar-refractivity contribution in [1.29, 1.82) is 0 Å². The average molecular weight is 360 g/mol. The summed E-state index contributed by atoms with van der Waals surface area (Å²) in [6, 6.07) is 6.86. The molecule has 1 heterocycles. The maximum atomic E-state index is 13.9. The van der Waals surface area contributed by atoms with Gasteiger partial charge in [0.25, 0.3) is 0 Å². The number of halogens is 3. The van der Waals surface area contributed by atoms with Crippen molar-refractivity contribution in [2.75, 3.05) is 0 Å². The average Bonchev–Trinajstić information content (AvgIpc) is 2.31. The lowest BCUT2D eigenvalue weighted by molar-refractivity contribution is 0.624. The van der Waals surface area contributed by atoms with Crippen molar-refractivity contribution in [1.82, 2.24) is 9.97 Å². The molecule has 1 aromatic carbocycles. The molecule has 0 aliphatic carbocycles. The molecule has 1 aromatic heterocycles. The number of nitrogens with zero attached hydrogens (tertiary/aromatic N) is 2. The molecule has 17 heavy (non-hydrogen) atoms. The van der Waals surface area contributed by atoms with Crippen molar-refractivity contribution < 1.29 is 4.39 Å². The zero-order chi connectivity index (χ0) is 12.4. The third-order valence-corrected chi connectivity index (χ3v) is 3.30. The van der Waals surface area contributed by atoms with Gasteiger partial charge in [-0.2, -0.15) is 0 Å². The van der Waals surface area contributed by atoms with Crippen LogP contribution >= 0.6 is 31.9 Å². The van der Waals surface area contributed by atoms with Gasteiger partial charge in [-0.3, -0.25) is 0 Å². The summed E-state index contributed by atoms with van der Waals surface area (Å²) >= 11 is 6.48. The molecule has 0 saturated heterocycles. The third kappa shape index (κ3) is 2.72. The molecule has 0 aliphatic rings. The standard InChI is InChI=1S/C12H9Br2FN2/c1-2-11-16-9(6-10(14)17-11)7-4-3-5-8(13)12(7)15/h3-6H,2H2,1H3. The van der Waals surface area contributed by atoms with E-state index in [9.17, 15) is 4.39 Å². The van der Waals surface area contributed by atoms with Gasteiger partial charge in [-0.25, -0.2) is 14.4 Å². The highest BCUT2D eigenvalue weighted by atomic mass is 79.9. The smallest absolute Gasteiger partial charge is 0.146 e. The molecule has 0 atom stereocenters. The summed E-state index contributed by atoms with van der Waals surface area (Å²) in [5.74, 6) is 0.383. The van der Waals surface area contributed by atoms with Crippen LogP contribution < -0.4 is 0 Å². The second-order valence-corrected chi connectivity index (χ2v) is 5.11. The summed E-state index contributed by atoms with van der Waals surface area (Å²) in [5, 5.41) is 0. The SMILES string of the molecule is CCc1nc(Br)cc(-c2cccc(Br)c2F)n1. The molecule has 0 saturated carbocycles. The van der Waals surface area contributed by atoms with Crippen LogP contribution in [0.1, 0.15) is 12.7 Å². The van der Waals surface area contributed by atoms with Gasteiger partial charge in [-0.1, -0.05) is 13.0 Å². The first kappa shape index (κ1) is 12.6. The van der Waals surface area contributed by atoms with Gasteiger partial charge in [0.2, 0.25) is 0 Å². The molecule has 0 unspecified atom stereocenters. The molecular formula is C12H9Br2FN2. The van der Waals surface area contributed by atoms with E-state index in [-0.39, 0.29) is 5.82 Å². The van der Waals surface area contributed by atoms with Gasteiger partial charge >= 0.3 is 0 Å². The second kappa shape index (κ2) is 5.23. The Bertz CT molecular complexity index is 558. The zero-order valence-corrected chi connectivity index (χ0v) is 12.2. The van der Waals surface area contributed by atoms with Crippen LogP contribution in [0.2, 0.25) is 0 Å². The van der Waals surface area contributed by atoms with Crippen LogP contribution in [-0.2, 0) is 6.42 Å². The highest BCUT2D eigenvalue weighted by Gasteiger charge is 2.11. The number of hydrogen-bond donors (Lipinski definition) is 0. The largest absolute Gasteiger partial charge is 0.233 e. The van der Waals surface area contributed by atoms with Crippen LogP contribution in [0.3, 0.4) is 0 Å². The van der Waals surface area contributed by atoms with E-state index < -0.39 is 0 Å². The molecule has 88 valence electrons. The molecule has 0 fully saturated rings. The molecule has 5 heteroatoms. The molecule has 0 N–H and O–H groups in total. The van der Waals surface area contributed by atoms with E-state index in [0.717, 1.165) is 0 Å². The quantitative estimate of drug-likeness (QED) is 0.744. The Morgan fingerprint density at radius 3 is 2.71 bits per heavy atom. The lowest BCUT2D eigenvalue weighted by Gasteiger charge is -2.06. The van der Waals surface area contributed by atoms with Gasteiger partial charge in [0.15, 0.2) is 0 Å². The van der Waals surface area contributed by atoms with Gasteiger partial charge in [-0.15, -0.1) is 0 Å². The summed E-state index contributed by atoms with van der Waals surface area (Å²) < 4.78 is 15.0. The number of rotatable bonds is 2. The molecule has 0 bridgehead atoms. The molecule has 2 nitrogen and oxygen atoms in total. The van der Waals surface area contributed by atoms with E-state index >= 15 is 0 Å². The summed E-state index contributed by atoms with van der Waals surface area (Å²) in [4.78, 5) is 8.52. The molecule has 0 radical (unpaired) electrons. The molecule has 2 rings (SSSR count). The van der Waals surface area contributed by atoms with E-state index in [1.54, 1.807) is 24.3 Å². The topological polar surface area (TPSA) is 25.8 Å². The van der Waals surface area contributed by atoms with E-state index in [0.29, 0.717) is 32.6 Å². The first-order valence-corrected chi connectivity index (χ1v) is 6.68. The van der Waals surface area contributed by atoms with E-state index in [1.165, 1.54) is 0 Å². The number of aryl methyl sites for hydroxylation is 1. The summed E-state index contributed by atoms with van der Waals surface area (Å²) in [5.41, 5.74) is 1.06. The van der Waals surface area contributed by atoms with Crippen molar-refractivity contribution in [3.63, 3.8) is 0 Å². The number of hydrogen-bond acceptors (Lipinski definition) is 2. The Hall–Kier alpha value is -0.810. The van der Waals surface area contributed by atoms with Gasteiger partial charge in [0.05, 0.1) is 10.2 Å². The fourth-order valence-corrected chi connectivity index (χ4v) is 2.25. The number of aromatic nitrogens is 2. The predicted octanol–water partition coefficient (Wildman–Crippen LogP) is 4.37. The minimum atomic E-state index is -0.305. The summed E-state index contributed by atoms with van der Waals surface area (Å²) in [7, 11) is 0. The van der Waals surface area contributed by atoms with Crippen LogP contribution in [0.5, 0.6) is 0 Å². The van der Waals surface area contributed by atoms with E-state index in [1.807, 2.05) is 6.92 Å². The zero-order valence-electron chi connectivity index (χ0n) is 9.04. The van der Waals surface area contributed by atoms with Crippen LogP contribution in [0.4, 0.5) is 4.39 Å². The van der Waals surface area contributed by atoms with Gasteiger partial charge < -0.3 is 0 Å². The van der Waals surface area contributed by atoms with E-state index in [4.69, 9.17) is 0 Å². The maximum absolute atomic E-state index is 13.9. The third-order valence-electron chi connectivity index (χ3n) is 2.28. The Morgan fingerprint density at radius 1 is 1.24 bits per heavy atom. The predicted molar refractivity (Wildman–Crippen MR) is 72.2 cm³/mol. The van der Waals surface area contributed by atoms with Crippen LogP contribution in [-0.4, -0.2) is 9.97 Å². The van der Waals surface area contributed by atoms with Gasteiger partial charge in [-0.05, 0) is 50.1 Å². The first-order chi connectivity index (χ1) is 8.11. The Balaban J connectivity index is 2.60. The van der Waals surface area contributed by atoms with Crippen molar-refractivity contribution in [3.05, 3.63) is 45.0 Å². The summed E-state index contributed by atoms with van der Waals surface area (Å²) in [6.07, 6.45) is 0.710. The number of benzene rings is 1. The Labute approximate surface area is 116 Å². The highest BCUT2D eigenvalue weighted by molar-refractivity contribution is 9.10. The maximum Gasteiger partial charge on any atom is 0.146 e. The van der Waals surface area contributed by atoms with Crippen molar-refractivity contribution in [2.45, 2.75) is 13.3 Å².